The van der Waals surface area contributed by atoms with E-state index in [2.05, 4.69) is 4.98 Å². The van der Waals surface area contributed by atoms with Gasteiger partial charge in [0.15, 0.2) is 5.65 Å². The van der Waals surface area contributed by atoms with Gasteiger partial charge >= 0.3 is 5.97 Å². The predicted octanol–water partition coefficient (Wildman–Crippen LogP) is 2.42. The Morgan fingerprint density at radius 3 is 2.82 bits per heavy atom. The number of carbonyl (C=O) groups is 2. The highest BCUT2D eigenvalue weighted by Crippen LogP contribution is 2.34. The van der Waals surface area contributed by atoms with E-state index in [-0.39, 0.29) is 17.9 Å². The van der Waals surface area contributed by atoms with Crippen molar-refractivity contribution >= 4 is 23.2 Å². The third kappa shape index (κ3) is 2.56. The summed E-state index contributed by atoms with van der Waals surface area (Å²) in [7, 11) is 0. The van der Waals surface area contributed by atoms with Gasteiger partial charge < -0.3 is 14.0 Å². The molecule has 0 radical (unpaired) electrons. The van der Waals surface area contributed by atoms with Crippen molar-refractivity contribution in [3.05, 3.63) is 30.2 Å². The number of fused-ring (bicyclic) bond motifs is 1. The van der Waals surface area contributed by atoms with E-state index in [0.717, 1.165) is 12.8 Å². The Morgan fingerprint density at radius 1 is 1.41 bits per heavy atom. The van der Waals surface area contributed by atoms with Gasteiger partial charge in [-0.15, -0.1) is 0 Å². The zero-order valence-corrected chi connectivity index (χ0v) is 12.8. The fourth-order valence-electron chi connectivity index (χ4n) is 2.56. The molecule has 0 unspecified atom stereocenters. The normalized spacial score (nSPS) is 14.1. The van der Waals surface area contributed by atoms with Crippen molar-refractivity contribution in [1.82, 2.24) is 9.38 Å². The number of carbonyl (C=O) groups excluding carboxylic acids is 2. The molecule has 2 heterocycles. The summed E-state index contributed by atoms with van der Waals surface area (Å²) in [6.45, 7) is 3.93. The molecule has 0 bridgehead atoms. The smallest absolute Gasteiger partial charge is 0.339 e. The molecule has 1 saturated carbocycles. The molecule has 6 heteroatoms. The minimum Gasteiger partial charge on any atom is -0.462 e. The van der Waals surface area contributed by atoms with Crippen LogP contribution in [0.3, 0.4) is 0 Å². The van der Waals surface area contributed by atoms with Crippen LogP contribution in [-0.2, 0) is 9.53 Å². The number of nitrogens with zero attached hydrogens (tertiary/aromatic N) is 3. The number of aromatic nitrogens is 2. The Morgan fingerprint density at radius 2 is 2.18 bits per heavy atom. The molecular weight excluding hydrogens is 282 g/mol. The van der Waals surface area contributed by atoms with Crippen molar-refractivity contribution in [2.75, 3.05) is 11.5 Å². The number of esters is 1. The zero-order chi connectivity index (χ0) is 15.7. The molecule has 1 amide bonds. The second-order valence-electron chi connectivity index (χ2n) is 5.34. The Balaban J connectivity index is 2.11. The van der Waals surface area contributed by atoms with Gasteiger partial charge in [0.1, 0.15) is 0 Å². The molecule has 2 aromatic rings. The van der Waals surface area contributed by atoms with Crippen LogP contribution in [0, 0.1) is 0 Å². The van der Waals surface area contributed by atoms with Crippen molar-refractivity contribution in [3.8, 4) is 0 Å². The number of imidazole rings is 1. The van der Waals surface area contributed by atoms with E-state index in [1.54, 1.807) is 40.9 Å². The summed E-state index contributed by atoms with van der Waals surface area (Å²) in [5.41, 5.74) is 1.79. The van der Waals surface area contributed by atoms with Gasteiger partial charge in [-0.3, -0.25) is 4.79 Å². The lowest BCUT2D eigenvalue weighted by Crippen LogP contribution is -2.33. The number of hydrogen-bond donors (Lipinski definition) is 0. The summed E-state index contributed by atoms with van der Waals surface area (Å²) < 4.78 is 6.84. The van der Waals surface area contributed by atoms with Gasteiger partial charge in [-0.05, 0) is 25.8 Å². The number of rotatable bonds is 5. The highest BCUT2D eigenvalue weighted by Gasteiger charge is 2.34. The summed E-state index contributed by atoms with van der Waals surface area (Å²) in [4.78, 5) is 30.5. The topological polar surface area (TPSA) is 63.9 Å². The van der Waals surface area contributed by atoms with Crippen LogP contribution in [0.2, 0.25) is 0 Å². The molecule has 0 aliphatic heterocycles. The third-order valence-corrected chi connectivity index (χ3v) is 3.72. The van der Waals surface area contributed by atoms with E-state index in [9.17, 15) is 9.59 Å². The summed E-state index contributed by atoms with van der Waals surface area (Å²) in [6.07, 6.45) is 7.52. The Hall–Kier alpha value is -2.37. The largest absolute Gasteiger partial charge is 0.462 e. The maximum Gasteiger partial charge on any atom is 0.339 e. The molecule has 0 saturated heterocycles. The van der Waals surface area contributed by atoms with Crippen LogP contribution in [0.25, 0.3) is 5.65 Å². The van der Waals surface area contributed by atoms with Crippen LogP contribution in [0.5, 0.6) is 0 Å². The summed E-state index contributed by atoms with van der Waals surface area (Å²) in [5.74, 6) is -0.340. The Bertz CT molecular complexity index is 718. The van der Waals surface area contributed by atoms with E-state index in [0.29, 0.717) is 29.9 Å². The van der Waals surface area contributed by atoms with Gasteiger partial charge in [-0.1, -0.05) is 6.92 Å². The summed E-state index contributed by atoms with van der Waals surface area (Å²) in [5, 5.41) is 0. The van der Waals surface area contributed by atoms with E-state index >= 15 is 0 Å². The van der Waals surface area contributed by atoms with E-state index in [4.69, 9.17) is 4.74 Å². The standard InChI is InChI=1S/C16H19N3O3/c1-3-14(20)19(12-5-6-12)13-9-11(16(21)22-4-2)10-18-8-7-17-15(13)18/h7-10,12H,3-6H2,1-2H3. The molecule has 1 fully saturated rings. The summed E-state index contributed by atoms with van der Waals surface area (Å²) in [6, 6.07) is 1.93. The molecule has 6 nitrogen and oxygen atoms in total. The lowest BCUT2D eigenvalue weighted by molar-refractivity contribution is -0.118. The molecule has 116 valence electrons. The van der Waals surface area contributed by atoms with Crippen molar-refractivity contribution < 1.29 is 14.3 Å². The molecule has 0 N–H and O–H groups in total. The van der Waals surface area contributed by atoms with E-state index in [1.807, 2.05) is 6.92 Å². The van der Waals surface area contributed by atoms with Crippen LogP contribution < -0.4 is 4.90 Å². The monoisotopic (exact) mass is 301 g/mol. The first-order valence-electron chi connectivity index (χ1n) is 7.61. The zero-order valence-electron chi connectivity index (χ0n) is 12.8. The number of hydrogen-bond acceptors (Lipinski definition) is 4. The first kappa shape index (κ1) is 14.6. The minimum atomic E-state index is -0.390. The molecule has 22 heavy (non-hydrogen) atoms. The molecule has 0 atom stereocenters. The fourth-order valence-corrected chi connectivity index (χ4v) is 2.56. The van der Waals surface area contributed by atoms with Crippen molar-refractivity contribution in [1.29, 1.82) is 0 Å². The van der Waals surface area contributed by atoms with Crippen LogP contribution in [-0.4, -0.2) is 33.9 Å². The predicted molar refractivity (Wildman–Crippen MR) is 81.9 cm³/mol. The number of amides is 1. The van der Waals surface area contributed by atoms with Gasteiger partial charge in [-0.2, -0.15) is 0 Å². The van der Waals surface area contributed by atoms with Crippen molar-refractivity contribution in [2.45, 2.75) is 39.2 Å². The molecular formula is C16H19N3O3. The lowest BCUT2D eigenvalue weighted by atomic mass is 10.2. The second-order valence-corrected chi connectivity index (χ2v) is 5.34. The average Bonchev–Trinajstić information content (AvgIpc) is 3.23. The average molecular weight is 301 g/mol. The summed E-state index contributed by atoms with van der Waals surface area (Å²) >= 11 is 0. The molecule has 1 aliphatic rings. The maximum atomic E-state index is 12.3. The van der Waals surface area contributed by atoms with Crippen molar-refractivity contribution in [2.24, 2.45) is 0 Å². The van der Waals surface area contributed by atoms with Crippen LogP contribution in [0.4, 0.5) is 5.69 Å². The van der Waals surface area contributed by atoms with Gasteiger partial charge in [0.25, 0.3) is 0 Å². The Kier molecular flexibility index (Phi) is 3.83. The van der Waals surface area contributed by atoms with Crippen LogP contribution in [0.15, 0.2) is 24.7 Å². The molecule has 3 rings (SSSR count). The SMILES string of the molecule is CCOC(=O)c1cc(N(C(=O)CC)C2CC2)c2nccn2c1. The number of pyridine rings is 1. The van der Waals surface area contributed by atoms with Gasteiger partial charge in [0.05, 0.1) is 17.9 Å². The number of anilines is 1. The first-order valence-corrected chi connectivity index (χ1v) is 7.61. The molecule has 2 aromatic heterocycles. The minimum absolute atomic E-state index is 0.0495. The number of ether oxygens (including phenoxy) is 1. The maximum absolute atomic E-state index is 12.3. The van der Waals surface area contributed by atoms with E-state index < -0.39 is 0 Å². The van der Waals surface area contributed by atoms with Gasteiger partial charge in [-0.25, -0.2) is 9.78 Å². The molecule has 0 aromatic carbocycles. The van der Waals surface area contributed by atoms with Gasteiger partial charge in [0.2, 0.25) is 5.91 Å². The Labute approximate surface area is 128 Å². The second kappa shape index (κ2) is 5.79. The highest BCUT2D eigenvalue weighted by atomic mass is 16.5. The van der Waals surface area contributed by atoms with Gasteiger partial charge in [0, 0.05) is 31.1 Å². The highest BCUT2D eigenvalue weighted by molar-refractivity contribution is 6.00. The molecule has 0 spiro atoms. The quantitative estimate of drug-likeness (QED) is 0.796. The lowest BCUT2D eigenvalue weighted by Gasteiger charge is -2.23. The van der Waals surface area contributed by atoms with E-state index in [1.165, 1.54) is 0 Å². The van der Waals surface area contributed by atoms with Crippen LogP contribution in [0.1, 0.15) is 43.5 Å². The fraction of sp³-hybridized carbons (Fsp3) is 0.438. The van der Waals surface area contributed by atoms with Crippen LogP contribution >= 0.6 is 0 Å². The first-order chi connectivity index (χ1) is 10.7. The third-order valence-electron chi connectivity index (χ3n) is 3.72. The molecule has 1 aliphatic carbocycles. The van der Waals surface area contributed by atoms with Crippen molar-refractivity contribution in [3.63, 3.8) is 0 Å².